The Kier molecular flexibility index (Phi) is 9.06. The maximum absolute atomic E-state index is 11.6. The van der Waals surface area contributed by atoms with Crippen LogP contribution in [0.15, 0.2) is 23.2 Å². The number of hydrogen-bond donors (Lipinski definition) is 3. The zero-order valence-corrected chi connectivity index (χ0v) is 14.6. The average molecular weight is 338 g/mol. The molecule has 24 heavy (non-hydrogen) atoms. The molecule has 1 rings (SSSR count). The Balaban J connectivity index is 2.48. The lowest BCUT2D eigenvalue weighted by molar-refractivity contribution is -0.120. The fourth-order valence-corrected chi connectivity index (χ4v) is 1.92. The van der Waals surface area contributed by atoms with E-state index in [0.29, 0.717) is 25.7 Å². The summed E-state index contributed by atoms with van der Waals surface area (Å²) in [6.45, 7) is 1.59. The van der Waals surface area contributed by atoms with E-state index in [-0.39, 0.29) is 12.5 Å². The molecular formula is C16H26N4O4. The van der Waals surface area contributed by atoms with Gasteiger partial charge in [0.2, 0.25) is 5.91 Å². The Bertz CT molecular complexity index is 549. The summed E-state index contributed by atoms with van der Waals surface area (Å²) in [7, 11) is 6.44. The molecule has 134 valence electrons. The molecule has 0 aliphatic carbocycles. The summed E-state index contributed by atoms with van der Waals surface area (Å²) in [6.07, 6.45) is 0. The fourth-order valence-electron chi connectivity index (χ4n) is 1.92. The number of nitrogens with one attached hydrogen (secondary N) is 3. The molecule has 0 spiro atoms. The van der Waals surface area contributed by atoms with Gasteiger partial charge in [0.1, 0.15) is 11.5 Å². The lowest BCUT2D eigenvalue weighted by Gasteiger charge is -2.14. The first-order valence-corrected chi connectivity index (χ1v) is 7.55. The Morgan fingerprint density at radius 1 is 1.12 bits per heavy atom. The molecule has 8 nitrogen and oxygen atoms in total. The zero-order chi connectivity index (χ0) is 17.8. The molecule has 1 aromatic rings. The van der Waals surface area contributed by atoms with E-state index in [1.807, 2.05) is 18.2 Å². The highest BCUT2D eigenvalue weighted by Crippen LogP contribution is 2.24. The van der Waals surface area contributed by atoms with Crippen molar-refractivity contribution >= 4 is 11.9 Å². The van der Waals surface area contributed by atoms with E-state index in [1.165, 1.54) is 0 Å². The molecule has 0 fully saturated rings. The zero-order valence-electron chi connectivity index (χ0n) is 14.6. The maximum atomic E-state index is 11.6. The number of methoxy groups -OCH3 is 3. The fraction of sp³-hybridized carbons (Fsp3) is 0.500. The number of nitrogens with zero attached hydrogens (tertiary/aromatic N) is 1. The van der Waals surface area contributed by atoms with Crippen molar-refractivity contribution in [2.24, 2.45) is 4.99 Å². The van der Waals surface area contributed by atoms with Gasteiger partial charge in [-0.25, -0.2) is 0 Å². The van der Waals surface area contributed by atoms with E-state index in [1.54, 1.807) is 28.4 Å². The monoisotopic (exact) mass is 338 g/mol. The first-order valence-electron chi connectivity index (χ1n) is 7.55. The Labute approximate surface area is 142 Å². The van der Waals surface area contributed by atoms with Crippen molar-refractivity contribution < 1.29 is 19.0 Å². The molecule has 0 saturated heterocycles. The molecular weight excluding hydrogens is 312 g/mol. The average Bonchev–Trinajstić information content (AvgIpc) is 2.62. The third kappa shape index (κ3) is 6.74. The second-order valence-electron chi connectivity index (χ2n) is 4.80. The maximum Gasteiger partial charge on any atom is 0.239 e. The largest absolute Gasteiger partial charge is 0.497 e. The Hall–Kier alpha value is -2.48. The van der Waals surface area contributed by atoms with Crippen molar-refractivity contribution in [1.29, 1.82) is 0 Å². The minimum Gasteiger partial charge on any atom is -0.497 e. The molecule has 0 unspecified atom stereocenters. The van der Waals surface area contributed by atoms with Gasteiger partial charge in [-0.2, -0.15) is 0 Å². The molecule has 0 atom stereocenters. The van der Waals surface area contributed by atoms with Gasteiger partial charge in [-0.05, 0) is 12.1 Å². The lowest BCUT2D eigenvalue weighted by Crippen LogP contribution is -2.43. The van der Waals surface area contributed by atoms with Gasteiger partial charge in [-0.1, -0.05) is 0 Å². The summed E-state index contributed by atoms with van der Waals surface area (Å²) in [5.41, 5.74) is 0.950. The van der Waals surface area contributed by atoms with E-state index >= 15 is 0 Å². The van der Waals surface area contributed by atoms with Gasteiger partial charge in [0, 0.05) is 38.9 Å². The van der Waals surface area contributed by atoms with Crippen molar-refractivity contribution in [3.05, 3.63) is 23.8 Å². The number of hydrogen-bond acceptors (Lipinski definition) is 5. The molecule has 0 bridgehead atoms. The van der Waals surface area contributed by atoms with Gasteiger partial charge in [0.05, 0.1) is 27.4 Å². The first-order chi connectivity index (χ1) is 11.6. The van der Waals surface area contributed by atoms with Gasteiger partial charge in [-0.15, -0.1) is 0 Å². The molecule has 0 aliphatic rings. The number of ether oxygens (including phenoxy) is 3. The molecule has 0 radical (unpaired) electrons. The molecule has 0 heterocycles. The second-order valence-corrected chi connectivity index (χ2v) is 4.80. The molecule has 3 N–H and O–H groups in total. The summed E-state index contributed by atoms with van der Waals surface area (Å²) in [6, 6.07) is 5.59. The van der Waals surface area contributed by atoms with E-state index in [2.05, 4.69) is 20.9 Å². The van der Waals surface area contributed by atoms with Crippen LogP contribution in [0.25, 0.3) is 0 Å². The third-order valence-corrected chi connectivity index (χ3v) is 3.21. The molecule has 1 amide bonds. The molecule has 0 saturated carbocycles. The normalized spacial score (nSPS) is 10.9. The van der Waals surface area contributed by atoms with E-state index in [4.69, 9.17) is 14.2 Å². The Morgan fingerprint density at radius 3 is 2.54 bits per heavy atom. The van der Waals surface area contributed by atoms with Crippen molar-refractivity contribution in [3.8, 4) is 11.5 Å². The molecule has 8 heteroatoms. The third-order valence-electron chi connectivity index (χ3n) is 3.21. The summed E-state index contributed by atoms with van der Waals surface area (Å²) in [5, 5.41) is 8.81. The van der Waals surface area contributed by atoms with Gasteiger partial charge in [-0.3, -0.25) is 9.79 Å². The second kappa shape index (κ2) is 11.1. The van der Waals surface area contributed by atoms with E-state index in [0.717, 1.165) is 17.1 Å². The van der Waals surface area contributed by atoms with Crippen LogP contribution in [0.5, 0.6) is 11.5 Å². The van der Waals surface area contributed by atoms with Gasteiger partial charge < -0.3 is 30.2 Å². The molecule has 0 aromatic heterocycles. The summed E-state index contributed by atoms with van der Waals surface area (Å²) >= 11 is 0. The summed E-state index contributed by atoms with van der Waals surface area (Å²) in [5.74, 6) is 1.84. The van der Waals surface area contributed by atoms with Crippen LogP contribution in [-0.4, -0.2) is 59.9 Å². The van der Waals surface area contributed by atoms with Crippen LogP contribution < -0.4 is 25.4 Å². The van der Waals surface area contributed by atoms with Crippen molar-refractivity contribution in [1.82, 2.24) is 16.0 Å². The minimum atomic E-state index is -0.128. The molecule has 0 aliphatic heterocycles. The Morgan fingerprint density at radius 2 is 1.92 bits per heavy atom. The van der Waals surface area contributed by atoms with Crippen molar-refractivity contribution in [3.63, 3.8) is 0 Å². The number of carbonyl (C=O) groups excluding carboxylic acids is 1. The highest BCUT2D eigenvalue weighted by molar-refractivity contribution is 5.86. The van der Waals surface area contributed by atoms with Crippen LogP contribution in [0.4, 0.5) is 0 Å². The van der Waals surface area contributed by atoms with Crippen molar-refractivity contribution in [2.45, 2.75) is 6.54 Å². The standard InChI is InChI=1S/C16H26N4O4/c1-17-16(20-11-15(21)18-7-8-22-2)19-10-12-5-6-13(23-3)9-14(12)24-4/h5-6,9H,7-8,10-11H2,1-4H3,(H,18,21)(H2,17,19,20). The number of aliphatic imine (C=N–C) groups is 1. The van der Waals surface area contributed by atoms with Crippen LogP contribution in [0.2, 0.25) is 0 Å². The summed E-state index contributed by atoms with van der Waals surface area (Å²) < 4.78 is 15.4. The van der Waals surface area contributed by atoms with Crippen LogP contribution >= 0.6 is 0 Å². The lowest BCUT2D eigenvalue weighted by atomic mass is 10.2. The van der Waals surface area contributed by atoms with Crippen LogP contribution in [0.3, 0.4) is 0 Å². The van der Waals surface area contributed by atoms with Crippen LogP contribution in [-0.2, 0) is 16.1 Å². The van der Waals surface area contributed by atoms with Crippen LogP contribution in [0, 0.1) is 0 Å². The predicted molar refractivity (Wildman–Crippen MR) is 92.6 cm³/mol. The van der Waals surface area contributed by atoms with Crippen LogP contribution in [0.1, 0.15) is 5.56 Å². The topological polar surface area (TPSA) is 93.2 Å². The van der Waals surface area contributed by atoms with E-state index < -0.39 is 0 Å². The number of amides is 1. The first kappa shape index (κ1) is 19.6. The SMILES string of the molecule is CN=C(NCC(=O)NCCOC)NCc1ccc(OC)cc1OC. The van der Waals surface area contributed by atoms with Gasteiger partial charge in [0.25, 0.3) is 0 Å². The minimum absolute atomic E-state index is 0.128. The van der Waals surface area contributed by atoms with Gasteiger partial charge in [0.15, 0.2) is 5.96 Å². The van der Waals surface area contributed by atoms with E-state index in [9.17, 15) is 4.79 Å². The van der Waals surface area contributed by atoms with Gasteiger partial charge >= 0.3 is 0 Å². The predicted octanol–water partition coefficient (Wildman–Crippen LogP) is 0.131. The summed E-state index contributed by atoms with van der Waals surface area (Å²) in [4.78, 5) is 15.7. The highest BCUT2D eigenvalue weighted by atomic mass is 16.5. The molecule has 1 aromatic carbocycles. The highest BCUT2D eigenvalue weighted by Gasteiger charge is 2.07. The number of carbonyl (C=O) groups is 1. The smallest absolute Gasteiger partial charge is 0.239 e. The quantitative estimate of drug-likeness (QED) is 0.337. The van der Waals surface area contributed by atoms with Crippen molar-refractivity contribution in [2.75, 3.05) is 48.1 Å². The number of benzene rings is 1. The number of guanidine groups is 1. The number of rotatable bonds is 9.